The third kappa shape index (κ3) is 6.59. The molecule has 11 heteroatoms. The van der Waals surface area contributed by atoms with Crippen molar-refractivity contribution in [1.82, 2.24) is 9.39 Å². The lowest BCUT2D eigenvalue weighted by molar-refractivity contribution is -0.251. The fourth-order valence-corrected chi connectivity index (χ4v) is 9.42. The summed E-state index contributed by atoms with van der Waals surface area (Å²) in [6.45, 7) is 8.10. The van der Waals surface area contributed by atoms with Gasteiger partial charge in [-0.2, -0.15) is 0 Å². The van der Waals surface area contributed by atoms with Crippen LogP contribution in [0, 0.1) is 5.41 Å². The minimum Gasteiger partial charge on any atom is -0.530 e. The van der Waals surface area contributed by atoms with Crippen LogP contribution in [0.5, 0.6) is 5.75 Å². The predicted octanol–water partition coefficient (Wildman–Crippen LogP) is 4.18. The fourth-order valence-electron chi connectivity index (χ4n) is 4.02. The number of para-hydroxylation sites is 1. The van der Waals surface area contributed by atoms with E-state index < -0.39 is 34.7 Å². The van der Waals surface area contributed by atoms with Crippen molar-refractivity contribution in [2.75, 3.05) is 19.8 Å². The average molecular weight is 532 g/mol. The van der Waals surface area contributed by atoms with Gasteiger partial charge in [-0.1, -0.05) is 58.2 Å². The number of nitrogens with one attached hydrogen (secondary N) is 1. The molecule has 1 saturated heterocycles. The Labute approximate surface area is 210 Å². The standard InChI is InChI=1S/C23H37N2O6PS2/c1-6-7-8-9-13-25(32(33)29-15-22(2,3)16-30-32)34(28)20(24-21(26)27)18-12-10-11-17-14-23(4,5)31-19(17)18/h10-12,20,24H,6-9,13-16H2,1-5H3,(H,26,27)/p-1. The number of carbonyl (C=O) groups excluding carboxylic acids is 1. The molecule has 1 N–H and O–H groups in total. The highest BCUT2D eigenvalue weighted by Crippen LogP contribution is 2.59. The Morgan fingerprint density at radius 2 is 1.91 bits per heavy atom. The third-order valence-electron chi connectivity index (χ3n) is 5.78. The van der Waals surface area contributed by atoms with E-state index in [1.807, 2.05) is 39.8 Å². The lowest BCUT2D eigenvalue weighted by atomic mass is 9.97. The highest BCUT2D eigenvalue weighted by Gasteiger charge is 2.43. The summed E-state index contributed by atoms with van der Waals surface area (Å²) in [5.41, 5.74) is 0.774. The smallest absolute Gasteiger partial charge is 0.275 e. The van der Waals surface area contributed by atoms with E-state index in [-0.39, 0.29) is 5.41 Å². The van der Waals surface area contributed by atoms with E-state index in [0.29, 0.717) is 37.5 Å². The van der Waals surface area contributed by atoms with Crippen LogP contribution in [0.2, 0.25) is 0 Å². The molecule has 0 saturated carbocycles. The minimum absolute atomic E-state index is 0.208. The average Bonchev–Trinajstić information content (AvgIpc) is 3.08. The first-order valence-electron chi connectivity index (χ1n) is 11.7. The van der Waals surface area contributed by atoms with Crippen molar-refractivity contribution in [3.05, 3.63) is 29.3 Å². The van der Waals surface area contributed by atoms with Crippen LogP contribution in [0.3, 0.4) is 0 Å². The number of unbranched alkanes of at least 4 members (excludes halogenated alkanes) is 3. The van der Waals surface area contributed by atoms with Gasteiger partial charge in [-0.05, 0) is 37.6 Å². The van der Waals surface area contributed by atoms with Gasteiger partial charge in [-0.25, -0.2) is 4.21 Å². The van der Waals surface area contributed by atoms with Gasteiger partial charge >= 0.3 is 0 Å². The number of fused-ring (bicyclic) bond motifs is 1. The molecule has 0 spiro atoms. The van der Waals surface area contributed by atoms with Gasteiger partial charge in [0.05, 0.1) is 13.2 Å². The number of hydrogen-bond donors (Lipinski definition) is 1. The van der Waals surface area contributed by atoms with Crippen molar-refractivity contribution in [1.29, 1.82) is 0 Å². The number of carboxylic acid groups (broad SMARTS) is 1. The van der Waals surface area contributed by atoms with Crippen LogP contribution >= 0.6 is 6.64 Å². The summed E-state index contributed by atoms with van der Waals surface area (Å²) in [5.74, 6) is 0.550. The topological polar surface area (TPSA) is 100 Å². The number of rotatable bonds is 10. The maximum atomic E-state index is 14.1. The van der Waals surface area contributed by atoms with E-state index in [0.717, 1.165) is 31.2 Å². The molecule has 2 aliphatic heterocycles. The van der Waals surface area contributed by atoms with Crippen molar-refractivity contribution >= 4 is 35.5 Å². The van der Waals surface area contributed by atoms with E-state index in [9.17, 15) is 14.1 Å². The maximum Gasteiger partial charge on any atom is 0.275 e. The molecule has 0 aromatic heterocycles. The van der Waals surface area contributed by atoms with Crippen LogP contribution in [0.25, 0.3) is 0 Å². The molecule has 34 heavy (non-hydrogen) atoms. The summed E-state index contributed by atoms with van der Waals surface area (Å²) in [4.78, 5) is 11.7. The van der Waals surface area contributed by atoms with Crippen LogP contribution in [-0.4, -0.2) is 39.7 Å². The van der Waals surface area contributed by atoms with Crippen LogP contribution in [0.4, 0.5) is 4.79 Å². The SMILES string of the molecule is CCCCCCN(S(=O)C(NC(=O)[O-])c1cccc2c1OC(C)(C)C2)P1(=S)OCC(C)(C)CO1. The van der Waals surface area contributed by atoms with E-state index in [4.69, 9.17) is 25.6 Å². The van der Waals surface area contributed by atoms with Gasteiger partial charge in [-0.15, -0.1) is 4.08 Å². The number of nitrogens with zero attached hydrogens (tertiary/aromatic N) is 1. The van der Waals surface area contributed by atoms with Gasteiger partial charge in [-0.3, -0.25) is 0 Å². The van der Waals surface area contributed by atoms with Gasteiger partial charge in [0.15, 0.2) is 0 Å². The predicted molar refractivity (Wildman–Crippen MR) is 135 cm³/mol. The molecule has 1 amide bonds. The van der Waals surface area contributed by atoms with Crippen molar-refractivity contribution in [2.45, 2.75) is 77.7 Å². The Morgan fingerprint density at radius 3 is 2.53 bits per heavy atom. The molecule has 0 bridgehead atoms. The molecule has 2 aliphatic rings. The van der Waals surface area contributed by atoms with E-state index in [1.54, 1.807) is 10.1 Å². The van der Waals surface area contributed by atoms with Crippen LogP contribution in [-0.2, 0) is 38.3 Å². The van der Waals surface area contributed by atoms with Crippen LogP contribution in [0.1, 0.15) is 76.8 Å². The highest BCUT2D eigenvalue weighted by atomic mass is 32.5. The molecule has 0 radical (unpaired) electrons. The monoisotopic (exact) mass is 531 g/mol. The summed E-state index contributed by atoms with van der Waals surface area (Å²) < 4.78 is 33.9. The van der Waals surface area contributed by atoms with E-state index in [1.165, 1.54) is 0 Å². The normalized spacial score (nSPS) is 21.9. The van der Waals surface area contributed by atoms with Crippen LogP contribution in [0.15, 0.2) is 18.2 Å². The lowest BCUT2D eigenvalue weighted by Crippen LogP contribution is -2.44. The zero-order chi connectivity index (χ0) is 25.1. The van der Waals surface area contributed by atoms with Crippen LogP contribution < -0.4 is 15.2 Å². The molecule has 192 valence electrons. The van der Waals surface area contributed by atoms with Gasteiger partial charge in [0.25, 0.3) is 6.64 Å². The number of hydrogen-bond acceptors (Lipinski definition) is 7. The summed E-state index contributed by atoms with van der Waals surface area (Å²) >= 11 is 5.83. The molecule has 2 unspecified atom stereocenters. The summed E-state index contributed by atoms with van der Waals surface area (Å²) in [6, 6.07) is 5.49. The molecular weight excluding hydrogens is 495 g/mol. The van der Waals surface area contributed by atoms with Crippen molar-refractivity contribution < 1.29 is 27.9 Å². The number of carbonyl (C=O) groups is 1. The molecule has 1 aromatic carbocycles. The summed E-state index contributed by atoms with van der Waals surface area (Å²) in [7, 11) is -1.93. The molecular formula is C23H36N2O6PS2-. The Morgan fingerprint density at radius 1 is 1.24 bits per heavy atom. The number of ether oxygens (including phenoxy) is 1. The first-order valence-corrected chi connectivity index (χ1v) is 15.5. The largest absolute Gasteiger partial charge is 0.530 e. The fraction of sp³-hybridized carbons (Fsp3) is 0.696. The Bertz CT molecular complexity index is 957. The Hall–Kier alpha value is -1.03. The lowest BCUT2D eigenvalue weighted by Gasteiger charge is -2.42. The molecule has 0 aliphatic carbocycles. The quantitative estimate of drug-likeness (QED) is 0.357. The molecule has 3 rings (SSSR count). The van der Waals surface area contributed by atoms with Gasteiger partial charge < -0.3 is 29.0 Å². The summed E-state index contributed by atoms with van der Waals surface area (Å²) in [5, 5.41) is 12.9. The highest BCUT2D eigenvalue weighted by molar-refractivity contribution is 8.12. The van der Waals surface area contributed by atoms with E-state index >= 15 is 0 Å². The Balaban J connectivity index is 1.97. The minimum atomic E-state index is -3.10. The number of benzene rings is 1. The van der Waals surface area contributed by atoms with Gasteiger partial charge in [0, 0.05) is 23.9 Å². The second-order valence-corrected chi connectivity index (χ2v) is 15.3. The van der Waals surface area contributed by atoms with Crippen molar-refractivity contribution in [3.8, 4) is 5.75 Å². The van der Waals surface area contributed by atoms with Gasteiger partial charge in [0.2, 0.25) is 0 Å². The number of amides is 1. The molecule has 2 heterocycles. The first-order chi connectivity index (χ1) is 15.9. The zero-order valence-electron chi connectivity index (χ0n) is 20.6. The molecule has 1 fully saturated rings. The third-order valence-corrected chi connectivity index (χ3v) is 11.5. The maximum absolute atomic E-state index is 14.1. The second kappa shape index (κ2) is 10.9. The van der Waals surface area contributed by atoms with Crippen molar-refractivity contribution in [2.24, 2.45) is 5.41 Å². The second-order valence-electron chi connectivity index (χ2n) is 10.3. The van der Waals surface area contributed by atoms with Gasteiger partial charge in [0.1, 0.15) is 33.8 Å². The molecule has 8 nitrogen and oxygen atoms in total. The summed E-state index contributed by atoms with van der Waals surface area (Å²) in [6.07, 6.45) is 2.90. The zero-order valence-corrected chi connectivity index (χ0v) is 23.2. The van der Waals surface area contributed by atoms with Crippen molar-refractivity contribution in [3.63, 3.8) is 0 Å². The van der Waals surface area contributed by atoms with E-state index in [2.05, 4.69) is 12.2 Å². The molecule has 2 atom stereocenters. The Kier molecular flexibility index (Phi) is 8.86. The first kappa shape index (κ1) is 27.6. The molecule has 1 aromatic rings.